The molecule has 1 amide bonds. The van der Waals surface area contributed by atoms with E-state index >= 15 is 0 Å². The highest BCUT2D eigenvalue weighted by Gasteiger charge is 2.27. The van der Waals surface area contributed by atoms with Crippen LogP contribution in [0.4, 0.5) is 4.79 Å². The first kappa shape index (κ1) is 14.6. The Kier molecular flexibility index (Phi) is 4.83. The highest BCUT2D eigenvalue weighted by atomic mass is 35.5. The first-order valence-corrected chi connectivity index (χ1v) is 6.75. The van der Waals surface area contributed by atoms with Crippen molar-refractivity contribution >= 4 is 17.7 Å². The number of carbonyl (C=O) groups is 1. The number of nitrogens with zero attached hydrogens (tertiary/aromatic N) is 3. The summed E-state index contributed by atoms with van der Waals surface area (Å²) >= 11 is 5.86. The van der Waals surface area contributed by atoms with Gasteiger partial charge in [-0.2, -0.15) is 5.26 Å². The average molecular weight is 294 g/mol. The molecule has 1 aliphatic heterocycles. The van der Waals surface area contributed by atoms with Gasteiger partial charge >= 0.3 is 6.09 Å². The quantitative estimate of drug-likeness (QED) is 0.839. The molecule has 2 rings (SSSR count). The van der Waals surface area contributed by atoms with Crippen LogP contribution in [-0.4, -0.2) is 49.2 Å². The lowest BCUT2D eigenvalue weighted by molar-refractivity contribution is 0.0834. The molecule has 0 aliphatic carbocycles. The number of ether oxygens (including phenoxy) is 1. The zero-order valence-corrected chi connectivity index (χ0v) is 12.0. The fourth-order valence-electron chi connectivity index (χ4n) is 2.30. The molecule has 0 saturated carbocycles. The third kappa shape index (κ3) is 3.21. The van der Waals surface area contributed by atoms with Crippen LogP contribution in [0.25, 0.3) is 0 Å². The van der Waals surface area contributed by atoms with Crippen LogP contribution < -0.4 is 0 Å². The van der Waals surface area contributed by atoms with E-state index in [1.54, 1.807) is 17.0 Å². The van der Waals surface area contributed by atoms with Crippen LogP contribution in [0.1, 0.15) is 11.6 Å². The number of halogens is 1. The van der Waals surface area contributed by atoms with Gasteiger partial charge in [0, 0.05) is 31.2 Å². The first-order chi connectivity index (χ1) is 9.65. The second kappa shape index (κ2) is 6.60. The number of piperazine rings is 1. The third-order valence-corrected chi connectivity index (χ3v) is 3.67. The first-order valence-electron chi connectivity index (χ1n) is 6.37. The van der Waals surface area contributed by atoms with E-state index in [2.05, 4.69) is 11.0 Å². The summed E-state index contributed by atoms with van der Waals surface area (Å²) in [6, 6.07) is 9.30. The molecular weight excluding hydrogens is 278 g/mol. The van der Waals surface area contributed by atoms with Crippen LogP contribution in [0.5, 0.6) is 0 Å². The van der Waals surface area contributed by atoms with Crippen LogP contribution in [0.15, 0.2) is 24.3 Å². The molecule has 20 heavy (non-hydrogen) atoms. The lowest BCUT2D eigenvalue weighted by Gasteiger charge is -2.36. The molecule has 1 aliphatic rings. The van der Waals surface area contributed by atoms with E-state index in [9.17, 15) is 10.1 Å². The van der Waals surface area contributed by atoms with Crippen molar-refractivity contribution in [2.75, 3.05) is 33.3 Å². The Balaban J connectivity index is 2.02. The van der Waals surface area contributed by atoms with Crippen LogP contribution in [-0.2, 0) is 4.74 Å². The number of amides is 1. The van der Waals surface area contributed by atoms with Gasteiger partial charge in [0.1, 0.15) is 6.04 Å². The van der Waals surface area contributed by atoms with Gasteiger partial charge in [0.15, 0.2) is 0 Å². The van der Waals surface area contributed by atoms with E-state index in [4.69, 9.17) is 16.3 Å². The minimum atomic E-state index is -0.315. The monoisotopic (exact) mass is 293 g/mol. The molecule has 106 valence electrons. The van der Waals surface area contributed by atoms with Gasteiger partial charge in [-0.15, -0.1) is 0 Å². The van der Waals surface area contributed by atoms with Gasteiger partial charge in [-0.3, -0.25) is 4.90 Å². The number of carbonyl (C=O) groups excluding carboxylic acids is 1. The minimum Gasteiger partial charge on any atom is -0.453 e. The topological polar surface area (TPSA) is 56.6 Å². The second-order valence-electron chi connectivity index (χ2n) is 4.58. The zero-order valence-electron chi connectivity index (χ0n) is 11.3. The van der Waals surface area contributed by atoms with E-state index < -0.39 is 0 Å². The maximum Gasteiger partial charge on any atom is 0.409 e. The highest BCUT2D eigenvalue weighted by molar-refractivity contribution is 6.30. The van der Waals surface area contributed by atoms with Crippen molar-refractivity contribution in [1.82, 2.24) is 9.80 Å². The molecule has 1 heterocycles. The van der Waals surface area contributed by atoms with Crippen molar-refractivity contribution in [3.8, 4) is 6.07 Å². The Labute approximate surface area is 123 Å². The molecule has 6 heteroatoms. The molecule has 1 aromatic carbocycles. The highest BCUT2D eigenvalue weighted by Crippen LogP contribution is 2.23. The Morgan fingerprint density at radius 2 is 1.90 bits per heavy atom. The van der Waals surface area contributed by atoms with Crippen molar-refractivity contribution < 1.29 is 9.53 Å². The fourth-order valence-corrected chi connectivity index (χ4v) is 2.43. The van der Waals surface area contributed by atoms with Crippen LogP contribution >= 0.6 is 11.6 Å². The molecule has 1 fully saturated rings. The average Bonchev–Trinajstić information content (AvgIpc) is 2.50. The van der Waals surface area contributed by atoms with Gasteiger partial charge in [0.25, 0.3) is 0 Å². The summed E-state index contributed by atoms with van der Waals surface area (Å²) in [5.74, 6) is 0. The molecule has 1 aromatic rings. The van der Waals surface area contributed by atoms with E-state index in [1.807, 2.05) is 12.1 Å². The van der Waals surface area contributed by atoms with Gasteiger partial charge < -0.3 is 9.64 Å². The summed E-state index contributed by atoms with van der Waals surface area (Å²) in [5.41, 5.74) is 0.920. The maximum atomic E-state index is 11.4. The Hall–Kier alpha value is -1.77. The summed E-state index contributed by atoms with van der Waals surface area (Å²) in [7, 11) is 1.38. The van der Waals surface area contributed by atoms with Crippen molar-refractivity contribution in [3.05, 3.63) is 34.9 Å². The van der Waals surface area contributed by atoms with Gasteiger partial charge in [0.05, 0.1) is 13.2 Å². The number of hydrogen-bond acceptors (Lipinski definition) is 4. The molecule has 0 spiro atoms. The number of rotatable bonds is 2. The lowest BCUT2D eigenvalue weighted by atomic mass is 10.1. The minimum absolute atomic E-state index is 0.313. The molecule has 1 saturated heterocycles. The van der Waals surface area contributed by atoms with E-state index in [-0.39, 0.29) is 12.1 Å². The van der Waals surface area contributed by atoms with Gasteiger partial charge in [-0.25, -0.2) is 4.79 Å². The summed E-state index contributed by atoms with van der Waals surface area (Å²) < 4.78 is 4.70. The Morgan fingerprint density at radius 1 is 1.30 bits per heavy atom. The summed E-state index contributed by atoms with van der Waals surface area (Å²) in [4.78, 5) is 15.1. The van der Waals surface area contributed by atoms with Gasteiger partial charge in [0.2, 0.25) is 0 Å². The number of hydrogen-bond donors (Lipinski definition) is 0. The third-order valence-electron chi connectivity index (χ3n) is 3.42. The van der Waals surface area contributed by atoms with Gasteiger partial charge in [-0.1, -0.05) is 23.7 Å². The van der Waals surface area contributed by atoms with E-state index in [1.165, 1.54) is 7.11 Å². The van der Waals surface area contributed by atoms with Gasteiger partial charge in [-0.05, 0) is 17.7 Å². The summed E-state index contributed by atoms with van der Waals surface area (Å²) in [5, 5.41) is 10.0. The fraction of sp³-hybridized carbons (Fsp3) is 0.429. The Bertz CT molecular complexity index is 504. The molecule has 0 bridgehead atoms. The molecule has 5 nitrogen and oxygen atoms in total. The number of nitriles is 1. The zero-order chi connectivity index (χ0) is 14.5. The predicted molar refractivity (Wildman–Crippen MR) is 75.4 cm³/mol. The smallest absolute Gasteiger partial charge is 0.409 e. The van der Waals surface area contributed by atoms with Crippen LogP contribution in [0.2, 0.25) is 5.02 Å². The van der Waals surface area contributed by atoms with E-state index in [0.29, 0.717) is 31.2 Å². The summed E-state index contributed by atoms with van der Waals surface area (Å²) in [6.45, 7) is 2.43. The number of benzene rings is 1. The molecule has 0 N–H and O–H groups in total. The molecule has 0 radical (unpaired) electrons. The molecule has 1 atom stereocenters. The largest absolute Gasteiger partial charge is 0.453 e. The maximum absolute atomic E-state index is 11.4. The molecule has 0 aromatic heterocycles. The van der Waals surface area contributed by atoms with Crippen molar-refractivity contribution in [2.45, 2.75) is 6.04 Å². The number of methoxy groups -OCH3 is 1. The van der Waals surface area contributed by atoms with E-state index in [0.717, 1.165) is 5.56 Å². The predicted octanol–water partition coefficient (Wildman–Crippen LogP) is 2.29. The molecule has 1 unspecified atom stereocenters. The van der Waals surface area contributed by atoms with Crippen molar-refractivity contribution in [1.29, 1.82) is 5.26 Å². The normalized spacial score (nSPS) is 17.4. The second-order valence-corrected chi connectivity index (χ2v) is 5.01. The standard InChI is InChI=1S/C14H16ClN3O2/c1-20-14(19)18-8-6-17(7-9-18)13(10-16)11-2-4-12(15)5-3-11/h2-5,13H,6-9H2,1H3. The SMILES string of the molecule is COC(=O)N1CCN(C(C#N)c2ccc(Cl)cc2)CC1. The lowest BCUT2D eigenvalue weighted by Crippen LogP contribution is -2.49. The molecular formula is C14H16ClN3O2. The van der Waals surface area contributed by atoms with Crippen molar-refractivity contribution in [2.24, 2.45) is 0 Å². The Morgan fingerprint density at radius 3 is 2.40 bits per heavy atom. The van der Waals surface area contributed by atoms with Crippen molar-refractivity contribution in [3.63, 3.8) is 0 Å². The van der Waals surface area contributed by atoms with Crippen LogP contribution in [0, 0.1) is 11.3 Å². The van der Waals surface area contributed by atoms with Crippen LogP contribution in [0.3, 0.4) is 0 Å². The summed E-state index contributed by atoms with van der Waals surface area (Å²) in [6.07, 6.45) is -0.315.